The zero-order valence-corrected chi connectivity index (χ0v) is 11.9. The summed E-state index contributed by atoms with van der Waals surface area (Å²) in [6.07, 6.45) is 8.14. The highest BCUT2D eigenvalue weighted by atomic mass is 16.2. The van der Waals surface area contributed by atoms with Gasteiger partial charge in [-0.3, -0.25) is 9.69 Å². The molecule has 1 saturated carbocycles. The maximum atomic E-state index is 12.4. The van der Waals surface area contributed by atoms with Gasteiger partial charge in [-0.15, -0.1) is 0 Å². The van der Waals surface area contributed by atoms with Crippen LogP contribution >= 0.6 is 0 Å². The van der Waals surface area contributed by atoms with E-state index < -0.39 is 0 Å². The molecule has 0 aromatic rings. The van der Waals surface area contributed by atoms with Crippen LogP contribution in [0.3, 0.4) is 0 Å². The van der Waals surface area contributed by atoms with E-state index >= 15 is 0 Å². The van der Waals surface area contributed by atoms with E-state index in [1.807, 2.05) is 0 Å². The lowest BCUT2D eigenvalue weighted by molar-refractivity contribution is -0.134. The van der Waals surface area contributed by atoms with Gasteiger partial charge in [0.2, 0.25) is 5.91 Å². The van der Waals surface area contributed by atoms with Crippen molar-refractivity contribution in [2.45, 2.75) is 57.0 Å². The van der Waals surface area contributed by atoms with E-state index in [2.05, 4.69) is 9.80 Å². The number of nitrogens with zero attached hydrogens (tertiary/aromatic N) is 2. The quantitative estimate of drug-likeness (QED) is 0.816. The molecule has 1 aliphatic carbocycles. The van der Waals surface area contributed by atoms with E-state index in [0.717, 1.165) is 58.3 Å². The van der Waals surface area contributed by atoms with Gasteiger partial charge in [0.05, 0.1) is 0 Å². The number of amides is 1. The fourth-order valence-electron chi connectivity index (χ4n) is 3.96. The molecule has 19 heavy (non-hydrogen) atoms. The first-order chi connectivity index (χ1) is 9.24. The summed E-state index contributed by atoms with van der Waals surface area (Å²) in [4.78, 5) is 17.1. The molecule has 4 nitrogen and oxygen atoms in total. The molecule has 108 valence electrons. The Morgan fingerprint density at radius 2 is 1.63 bits per heavy atom. The second-order valence-electron chi connectivity index (χ2n) is 6.58. The van der Waals surface area contributed by atoms with Crippen molar-refractivity contribution in [3.63, 3.8) is 0 Å². The van der Waals surface area contributed by atoms with E-state index in [1.54, 1.807) is 0 Å². The summed E-state index contributed by atoms with van der Waals surface area (Å²) in [5.41, 5.74) is 5.96. The second kappa shape index (κ2) is 5.80. The predicted octanol–water partition coefficient (Wildman–Crippen LogP) is 1.20. The van der Waals surface area contributed by atoms with Gasteiger partial charge < -0.3 is 10.6 Å². The first-order valence-corrected chi connectivity index (χ1v) is 8.02. The highest BCUT2D eigenvalue weighted by Gasteiger charge is 2.35. The predicted molar refractivity (Wildman–Crippen MR) is 75.7 cm³/mol. The Labute approximate surface area is 116 Å². The van der Waals surface area contributed by atoms with Crippen molar-refractivity contribution in [3.05, 3.63) is 0 Å². The molecule has 0 bridgehead atoms. The zero-order chi connectivity index (χ0) is 13.2. The first kappa shape index (κ1) is 13.4. The summed E-state index contributed by atoms with van der Waals surface area (Å²) in [5.74, 6) is 0.780. The van der Waals surface area contributed by atoms with Gasteiger partial charge in [0.1, 0.15) is 0 Å². The normalized spacial score (nSPS) is 31.2. The molecule has 3 fully saturated rings. The SMILES string of the molecule is NC1CCN(C2CCN(C(=O)C3CCCC3)C2)CC1. The van der Waals surface area contributed by atoms with Crippen molar-refractivity contribution in [1.29, 1.82) is 0 Å². The lowest BCUT2D eigenvalue weighted by Gasteiger charge is -2.34. The van der Waals surface area contributed by atoms with E-state index in [0.29, 0.717) is 23.9 Å². The van der Waals surface area contributed by atoms with Gasteiger partial charge in [-0.05, 0) is 45.2 Å². The highest BCUT2D eigenvalue weighted by molar-refractivity contribution is 5.79. The monoisotopic (exact) mass is 265 g/mol. The third kappa shape index (κ3) is 2.95. The number of carbonyl (C=O) groups is 1. The van der Waals surface area contributed by atoms with E-state index in [1.165, 1.54) is 12.8 Å². The van der Waals surface area contributed by atoms with Crippen LogP contribution in [0.5, 0.6) is 0 Å². The molecular weight excluding hydrogens is 238 g/mol. The molecule has 2 saturated heterocycles. The average molecular weight is 265 g/mol. The molecule has 3 aliphatic rings. The summed E-state index contributed by atoms with van der Waals surface area (Å²) < 4.78 is 0. The number of hydrogen-bond acceptors (Lipinski definition) is 3. The number of hydrogen-bond donors (Lipinski definition) is 1. The summed E-state index contributed by atoms with van der Waals surface area (Å²) in [5, 5.41) is 0. The fraction of sp³-hybridized carbons (Fsp3) is 0.933. The molecule has 4 heteroatoms. The van der Waals surface area contributed by atoms with Crippen LogP contribution in [-0.2, 0) is 4.79 Å². The Morgan fingerprint density at radius 1 is 0.947 bits per heavy atom. The topological polar surface area (TPSA) is 49.6 Å². The molecule has 0 aromatic heterocycles. The van der Waals surface area contributed by atoms with Crippen LogP contribution in [0, 0.1) is 5.92 Å². The van der Waals surface area contributed by atoms with Crippen LogP contribution in [0.15, 0.2) is 0 Å². The molecule has 2 aliphatic heterocycles. The molecule has 0 aromatic carbocycles. The number of nitrogens with two attached hydrogens (primary N) is 1. The zero-order valence-electron chi connectivity index (χ0n) is 11.9. The van der Waals surface area contributed by atoms with E-state index in [-0.39, 0.29) is 0 Å². The molecule has 1 amide bonds. The Hall–Kier alpha value is -0.610. The van der Waals surface area contributed by atoms with Crippen molar-refractivity contribution in [2.24, 2.45) is 11.7 Å². The smallest absolute Gasteiger partial charge is 0.225 e. The Morgan fingerprint density at radius 3 is 2.32 bits per heavy atom. The van der Waals surface area contributed by atoms with Crippen molar-refractivity contribution in [1.82, 2.24) is 9.80 Å². The summed E-state index contributed by atoms with van der Waals surface area (Å²) in [6.45, 7) is 4.18. The summed E-state index contributed by atoms with van der Waals surface area (Å²) >= 11 is 0. The van der Waals surface area contributed by atoms with E-state index in [9.17, 15) is 4.79 Å². The number of piperidine rings is 1. The third-order valence-electron chi connectivity index (χ3n) is 5.27. The highest BCUT2D eigenvalue weighted by Crippen LogP contribution is 2.29. The van der Waals surface area contributed by atoms with Crippen molar-refractivity contribution in [3.8, 4) is 0 Å². The molecule has 0 radical (unpaired) electrons. The van der Waals surface area contributed by atoms with Gasteiger partial charge in [-0.25, -0.2) is 0 Å². The molecule has 3 rings (SSSR count). The largest absolute Gasteiger partial charge is 0.341 e. The summed E-state index contributed by atoms with van der Waals surface area (Å²) in [7, 11) is 0. The van der Waals surface area contributed by atoms with Crippen LogP contribution in [0.4, 0.5) is 0 Å². The van der Waals surface area contributed by atoms with Crippen LogP contribution in [0.25, 0.3) is 0 Å². The standard InChI is InChI=1S/C15H27N3O/c16-13-5-8-17(9-6-13)14-7-10-18(11-14)15(19)12-3-1-2-4-12/h12-14H,1-11,16H2. The molecule has 1 atom stereocenters. The van der Waals surface area contributed by atoms with Gasteiger partial charge in [0, 0.05) is 31.1 Å². The van der Waals surface area contributed by atoms with E-state index in [4.69, 9.17) is 5.73 Å². The van der Waals surface area contributed by atoms with Crippen LogP contribution in [0.2, 0.25) is 0 Å². The van der Waals surface area contributed by atoms with Gasteiger partial charge >= 0.3 is 0 Å². The first-order valence-electron chi connectivity index (χ1n) is 8.02. The Bertz CT molecular complexity index is 319. The lowest BCUT2D eigenvalue weighted by atomic mass is 10.0. The Balaban J connectivity index is 1.50. The minimum absolute atomic E-state index is 0.341. The van der Waals surface area contributed by atoms with Gasteiger partial charge in [0.15, 0.2) is 0 Å². The third-order valence-corrected chi connectivity index (χ3v) is 5.27. The minimum Gasteiger partial charge on any atom is -0.341 e. The van der Waals surface area contributed by atoms with Crippen LogP contribution < -0.4 is 5.73 Å². The van der Waals surface area contributed by atoms with Gasteiger partial charge in [-0.2, -0.15) is 0 Å². The average Bonchev–Trinajstić information content (AvgIpc) is 3.10. The second-order valence-corrected chi connectivity index (χ2v) is 6.58. The molecule has 2 N–H and O–H groups in total. The van der Waals surface area contributed by atoms with Gasteiger partial charge in [-0.1, -0.05) is 12.8 Å². The lowest BCUT2D eigenvalue weighted by Crippen LogP contribution is -2.46. The maximum absolute atomic E-state index is 12.4. The van der Waals surface area contributed by atoms with Gasteiger partial charge in [0.25, 0.3) is 0 Å². The van der Waals surface area contributed by atoms with Crippen LogP contribution in [-0.4, -0.2) is 54.0 Å². The number of likely N-dealkylation sites (tertiary alicyclic amines) is 2. The van der Waals surface area contributed by atoms with Crippen molar-refractivity contribution >= 4 is 5.91 Å². The van der Waals surface area contributed by atoms with Crippen molar-refractivity contribution in [2.75, 3.05) is 26.2 Å². The molecule has 2 heterocycles. The minimum atomic E-state index is 0.341. The van der Waals surface area contributed by atoms with Crippen molar-refractivity contribution < 1.29 is 4.79 Å². The number of rotatable bonds is 2. The molecule has 1 unspecified atom stereocenters. The fourth-order valence-corrected chi connectivity index (χ4v) is 3.96. The molecule has 0 spiro atoms. The van der Waals surface area contributed by atoms with Crippen LogP contribution in [0.1, 0.15) is 44.9 Å². The number of carbonyl (C=O) groups excluding carboxylic acids is 1. The molecular formula is C15H27N3O. The maximum Gasteiger partial charge on any atom is 0.225 e. The summed E-state index contributed by atoms with van der Waals surface area (Å²) in [6, 6.07) is 0.992. The Kier molecular flexibility index (Phi) is 4.08.